The predicted molar refractivity (Wildman–Crippen MR) is 57.7 cm³/mol. The van der Waals surface area contributed by atoms with Crippen molar-refractivity contribution >= 4 is 12.1 Å². The Bertz CT molecular complexity index is 394. The van der Waals surface area contributed by atoms with E-state index in [9.17, 15) is 9.59 Å². The summed E-state index contributed by atoms with van der Waals surface area (Å²) in [4.78, 5) is 22.2. The molecule has 0 aromatic heterocycles. The molecule has 0 amide bonds. The number of aryl methyl sites for hydroxylation is 1. The van der Waals surface area contributed by atoms with E-state index in [0.29, 0.717) is 29.8 Å². The van der Waals surface area contributed by atoms with Crippen molar-refractivity contribution < 1.29 is 14.3 Å². The number of ether oxygens (including phenoxy) is 1. The molecule has 0 saturated heterocycles. The molecule has 0 aliphatic carbocycles. The van der Waals surface area contributed by atoms with Gasteiger partial charge in [0.25, 0.3) is 0 Å². The fourth-order valence-electron chi connectivity index (χ4n) is 1.49. The maximum absolute atomic E-state index is 11.4. The summed E-state index contributed by atoms with van der Waals surface area (Å²) in [7, 11) is 0. The third kappa shape index (κ3) is 2.24. The lowest BCUT2D eigenvalue weighted by molar-refractivity contribution is 0.100. The van der Waals surface area contributed by atoms with Crippen molar-refractivity contribution in [3.8, 4) is 5.75 Å². The molecule has 80 valence electrons. The van der Waals surface area contributed by atoms with Crippen LogP contribution in [-0.4, -0.2) is 18.7 Å². The first-order valence-corrected chi connectivity index (χ1v) is 4.84. The molecule has 3 nitrogen and oxygen atoms in total. The fraction of sp³-hybridized carbons (Fsp3) is 0.333. The molecule has 0 N–H and O–H groups in total. The number of carbonyl (C=O) groups is 2. The number of aldehydes is 1. The number of hydrogen-bond acceptors (Lipinski definition) is 3. The number of hydrogen-bond donors (Lipinski definition) is 0. The van der Waals surface area contributed by atoms with Gasteiger partial charge in [0.2, 0.25) is 0 Å². The summed E-state index contributed by atoms with van der Waals surface area (Å²) in [6.07, 6.45) is 0.679. The Hall–Kier alpha value is -1.64. The van der Waals surface area contributed by atoms with E-state index in [2.05, 4.69) is 0 Å². The van der Waals surface area contributed by atoms with Gasteiger partial charge in [0.05, 0.1) is 12.2 Å². The van der Waals surface area contributed by atoms with Gasteiger partial charge in [-0.15, -0.1) is 0 Å². The number of rotatable bonds is 4. The molecule has 0 heterocycles. The van der Waals surface area contributed by atoms with Crippen LogP contribution in [0.3, 0.4) is 0 Å². The maximum atomic E-state index is 11.4. The number of carbonyl (C=O) groups excluding carboxylic acids is 2. The molecule has 0 bridgehead atoms. The monoisotopic (exact) mass is 206 g/mol. The van der Waals surface area contributed by atoms with Crippen LogP contribution in [0.1, 0.15) is 40.1 Å². The molecule has 0 spiro atoms. The predicted octanol–water partition coefficient (Wildman–Crippen LogP) is 2.41. The Kier molecular flexibility index (Phi) is 3.61. The van der Waals surface area contributed by atoms with Crippen molar-refractivity contribution in [2.24, 2.45) is 0 Å². The highest BCUT2D eigenvalue weighted by molar-refractivity contribution is 6.04. The standard InChI is InChI=1S/C12H14O3/c1-4-15-12-8(2)5-6-10(7-13)11(12)9(3)14/h5-7H,4H2,1-3H3. The summed E-state index contributed by atoms with van der Waals surface area (Å²) in [5.41, 5.74) is 1.64. The van der Waals surface area contributed by atoms with Gasteiger partial charge in [-0.2, -0.15) is 0 Å². The van der Waals surface area contributed by atoms with Crippen molar-refractivity contribution in [1.29, 1.82) is 0 Å². The molecule has 15 heavy (non-hydrogen) atoms. The van der Waals surface area contributed by atoms with E-state index >= 15 is 0 Å². The molecule has 0 fully saturated rings. The molecule has 1 aromatic carbocycles. The van der Waals surface area contributed by atoms with Crippen LogP contribution in [0.5, 0.6) is 5.75 Å². The van der Waals surface area contributed by atoms with Crippen molar-refractivity contribution in [2.45, 2.75) is 20.8 Å². The summed E-state index contributed by atoms with van der Waals surface area (Å²) in [5, 5.41) is 0. The third-order valence-electron chi connectivity index (χ3n) is 2.15. The largest absolute Gasteiger partial charge is 0.493 e. The van der Waals surface area contributed by atoms with Crippen LogP contribution in [-0.2, 0) is 0 Å². The van der Waals surface area contributed by atoms with E-state index in [1.807, 2.05) is 13.8 Å². The van der Waals surface area contributed by atoms with Crippen LogP contribution in [0.4, 0.5) is 0 Å². The van der Waals surface area contributed by atoms with Crippen LogP contribution < -0.4 is 4.74 Å². The van der Waals surface area contributed by atoms with E-state index in [4.69, 9.17) is 4.74 Å². The van der Waals surface area contributed by atoms with Crippen molar-refractivity contribution in [3.63, 3.8) is 0 Å². The first-order chi connectivity index (χ1) is 7.11. The fourth-order valence-corrected chi connectivity index (χ4v) is 1.49. The van der Waals surface area contributed by atoms with E-state index in [0.717, 1.165) is 5.56 Å². The molecule has 0 aliphatic rings. The SMILES string of the molecule is CCOc1c(C)ccc(C=O)c1C(C)=O. The molecule has 0 radical (unpaired) electrons. The van der Waals surface area contributed by atoms with Crippen LogP contribution in [0.15, 0.2) is 12.1 Å². The Labute approximate surface area is 89.1 Å². The lowest BCUT2D eigenvalue weighted by Crippen LogP contribution is -2.06. The highest BCUT2D eigenvalue weighted by Gasteiger charge is 2.15. The Morgan fingerprint density at radius 1 is 1.47 bits per heavy atom. The van der Waals surface area contributed by atoms with Gasteiger partial charge in [0, 0.05) is 5.56 Å². The average Bonchev–Trinajstić information content (AvgIpc) is 2.20. The van der Waals surface area contributed by atoms with Gasteiger partial charge >= 0.3 is 0 Å². The second kappa shape index (κ2) is 4.73. The van der Waals surface area contributed by atoms with Crippen molar-refractivity contribution in [2.75, 3.05) is 6.61 Å². The lowest BCUT2D eigenvalue weighted by Gasteiger charge is -2.12. The zero-order valence-corrected chi connectivity index (χ0v) is 9.16. The van der Waals surface area contributed by atoms with Crippen molar-refractivity contribution in [3.05, 3.63) is 28.8 Å². The van der Waals surface area contributed by atoms with Gasteiger partial charge < -0.3 is 4.74 Å². The summed E-state index contributed by atoms with van der Waals surface area (Å²) in [6.45, 7) is 5.61. The van der Waals surface area contributed by atoms with Gasteiger partial charge in [-0.3, -0.25) is 9.59 Å². The molecule has 0 atom stereocenters. The van der Waals surface area contributed by atoms with Gasteiger partial charge in [-0.05, 0) is 26.3 Å². The Morgan fingerprint density at radius 3 is 2.60 bits per heavy atom. The van der Waals surface area contributed by atoms with E-state index < -0.39 is 0 Å². The molecule has 0 unspecified atom stereocenters. The smallest absolute Gasteiger partial charge is 0.164 e. The summed E-state index contributed by atoms with van der Waals surface area (Å²) in [5.74, 6) is 0.374. The first kappa shape index (κ1) is 11.4. The molecule has 1 aromatic rings. The minimum absolute atomic E-state index is 0.149. The summed E-state index contributed by atoms with van der Waals surface area (Å²) < 4.78 is 5.39. The maximum Gasteiger partial charge on any atom is 0.164 e. The summed E-state index contributed by atoms with van der Waals surface area (Å²) >= 11 is 0. The van der Waals surface area contributed by atoms with E-state index in [1.165, 1.54) is 6.92 Å². The highest BCUT2D eigenvalue weighted by atomic mass is 16.5. The zero-order chi connectivity index (χ0) is 11.4. The first-order valence-electron chi connectivity index (χ1n) is 4.84. The topological polar surface area (TPSA) is 43.4 Å². The van der Waals surface area contributed by atoms with E-state index in [-0.39, 0.29) is 5.78 Å². The molecular formula is C12H14O3. The molecule has 0 saturated carbocycles. The number of Topliss-reactive ketones (excluding diaryl/α,β-unsaturated/α-hetero) is 1. The second-order valence-electron chi connectivity index (χ2n) is 3.28. The normalized spacial score (nSPS) is 9.80. The van der Waals surface area contributed by atoms with Crippen LogP contribution >= 0.6 is 0 Å². The third-order valence-corrected chi connectivity index (χ3v) is 2.15. The van der Waals surface area contributed by atoms with Gasteiger partial charge in [0.1, 0.15) is 5.75 Å². The van der Waals surface area contributed by atoms with Crippen LogP contribution in [0.25, 0.3) is 0 Å². The molecule has 0 aliphatic heterocycles. The minimum Gasteiger partial charge on any atom is -0.493 e. The second-order valence-corrected chi connectivity index (χ2v) is 3.28. The minimum atomic E-state index is -0.149. The average molecular weight is 206 g/mol. The van der Waals surface area contributed by atoms with Crippen LogP contribution in [0.2, 0.25) is 0 Å². The van der Waals surface area contributed by atoms with Gasteiger partial charge in [-0.1, -0.05) is 12.1 Å². The zero-order valence-electron chi connectivity index (χ0n) is 9.16. The molecular weight excluding hydrogens is 192 g/mol. The Morgan fingerprint density at radius 2 is 2.13 bits per heavy atom. The van der Waals surface area contributed by atoms with Gasteiger partial charge in [-0.25, -0.2) is 0 Å². The number of benzene rings is 1. The number of ketones is 1. The molecule has 1 rings (SSSR count). The molecule has 3 heteroatoms. The van der Waals surface area contributed by atoms with Gasteiger partial charge in [0.15, 0.2) is 12.1 Å². The quantitative estimate of drug-likeness (QED) is 0.561. The summed E-state index contributed by atoms with van der Waals surface area (Å²) in [6, 6.07) is 3.42. The lowest BCUT2D eigenvalue weighted by atomic mass is 10.0. The van der Waals surface area contributed by atoms with Crippen LogP contribution in [0, 0.1) is 6.92 Å². The van der Waals surface area contributed by atoms with E-state index in [1.54, 1.807) is 12.1 Å². The van der Waals surface area contributed by atoms with Crippen molar-refractivity contribution in [1.82, 2.24) is 0 Å². The highest BCUT2D eigenvalue weighted by Crippen LogP contribution is 2.26. The Balaban J connectivity index is 3.43.